The first-order chi connectivity index (χ1) is 13.0. The number of carbonyl (C=O) groups excluding carboxylic acids is 2. The van der Waals surface area contributed by atoms with E-state index in [1.807, 2.05) is 13.8 Å². The highest BCUT2D eigenvalue weighted by molar-refractivity contribution is 8.17. The van der Waals surface area contributed by atoms with E-state index in [9.17, 15) is 9.59 Å². The molecule has 2 amide bonds. The summed E-state index contributed by atoms with van der Waals surface area (Å²) in [7, 11) is 0. The summed E-state index contributed by atoms with van der Waals surface area (Å²) in [5.74, 6) is 1.10. The summed E-state index contributed by atoms with van der Waals surface area (Å²) in [6.07, 6.45) is 3.57. The molecule has 1 N–H and O–H groups in total. The molecular formula is C17H19N5O2S3. The van der Waals surface area contributed by atoms with Crippen LogP contribution in [0.2, 0.25) is 0 Å². The van der Waals surface area contributed by atoms with Crippen molar-refractivity contribution in [3.05, 3.63) is 15.5 Å². The molecule has 7 nitrogen and oxygen atoms in total. The van der Waals surface area contributed by atoms with Gasteiger partial charge in [0.05, 0.1) is 16.5 Å². The van der Waals surface area contributed by atoms with Crippen molar-refractivity contribution in [2.45, 2.75) is 39.0 Å². The summed E-state index contributed by atoms with van der Waals surface area (Å²) in [5, 5.41) is 13.4. The average Bonchev–Trinajstić information content (AvgIpc) is 3.11. The minimum absolute atomic E-state index is 0.131. The van der Waals surface area contributed by atoms with E-state index in [0.29, 0.717) is 22.6 Å². The number of nitrogens with one attached hydrogen (secondary N) is 1. The van der Waals surface area contributed by atoms with Crippen LogP contribution >= 0.6 is 34.9 Å². The lowest BCUT2D eigenvalue weighted by molar-refractivity contribution is -0.118. The highest BCUT2D eigenvalue weighted by atomic mass is 32.2. The van der Waals surface area contributed by atoms with E-state index < -0.39 is 0 Å². The van der Waals surface area contributed by atoms with Crippen LogP contribution in [-0.2, 0) is 9.59 Å². The molecule has 3 aliphatic rings. The van der Waals surface area contributed by atoms with Crippen molar-refractivity contribution in [1.82, 2.24) is 10.2 Å². The molecule has 0 saturated heterocycles. The highest BCUT2D eigenvalue weighted by Gasteiger charge is 2.36. The molecule has 1 unspecified atom stereocenters. The van der Waals surface area contributed by atoms with Crippen molar-refractivity contribution in [1.29, 1.82) is 0 Å². The van der Waals surface area contributed by atoms with Gasteiger partial charge < -0.3 is 0 Å². The van der Waals surface area contributed by atoms with Crippen molar-refractivity contribution in [2.24, 2.45) is 15.9 Å². The van der Waals surface area contributed by atoms with Crippen LogP contribution in [0.4, 0.5) is 5.13 Å². The number of rotatable bonds is 6. The van der Waals surface area contributed by atoms with Gasteiger partial charge in [0, 0.05) is 5.92 Å². The Kier molecular flexibility index (Phi) is 5.47. The van der Waals surface area contributed by atoms with Gasteiger partial charge in [0.1, 0.15) is 16.8 Å². The second kappa shape index (κ2) is 7.84. The monoisotopic (exact) mass is 421 g/mol. The minimum atomic E-state index is -0.297. The first kappa shape index (κ1) is 18.8. The third kappa shape index (κ3) is 4.02. The van der Waals surface area contributed by atoms with Crippen LogP contribution < -0.4 is 5.32 Å². The molecule has 1 atom stereocenters. The zero-order valence-corrected chi connectivity index (χ0v) is 17.5. The lowest BCUT2D eigenvalue weighted by atomic mass is 9.86. The SMILES string of the molecule is CC1=C(C)C2C(=O)N=C(CSCC(=O)Nc3nnc(C4CCC4)s3)N=C2S1. The van der Waals surface area contributed by atoms with E-state index in [2.05, 4.69) is 25.5 Å². The Hall–Kier alpha value is -1.52. The van der Waals surface area contributed by atoms with Gasteiger partial charge in [0.2, 0.25) is 11.0 Å². The average molecular weight is 422 g/mol. The predicted molar refractivity (Wildman–Crippen MR) is 112 cm³/mol. The number of amidine groups is 1. The number of allylic oxidation sites excluding steroid dienone is 1. The molecule has 3 heterocycles. The number of amides is 2. The Morgan fingerprint density at radius 3 is 2.81 bits per heavy atom. The number of hydrogen-bond donors (Lipinski definition) is 1. The second-order valence-electron chi connectivity index (χ2n) is 6.70. The molecule has 1 aliphatic carbocycles. The Morgan fingerprint density at radius 1 is 1.26 bits per heavy atom. The van der Waals surface area contributed by atoms with Crippen molar-refractivity contribution in [3.63, 3.8) is 0 Å². The second-order valence-corrected chi connectivity index (χ2v) is 9.93. The van der Waals surface area contributed by atoms with Crippen molar-refractivity contribution in [2.75, 3.05) is 16.8 Å². The number of aromatic nitrogens is 2. The van der Waals surface area contributed by atoms with E-state index in [1.165, 1.54) is 29.5 Å². The fourth-order valence-electron chi connectivity index (χ4n) is 2.97. The lowest BCUT2D eigenvalue weighted by Gasteiger charge is -2.21. The summed E-state index contributed by atoms with van der Waals surface area (Å²) in [4.78, 5) is 34.1. The number of aliphatic imine (C=N–C) groups is 2. The predicted octanol–water partition coefficient (Wildman–Crippen LogP) is 3.47. The first-order valence-corrected chi connectivity index (χ1v) is 11.6. The molecule has 10 heteroatoms. The molecule has 1 aromatic heterocycles. The van der Waals surface area contributed by atoms with Crippen molar-refractivity contribution in [3.8, 4) is 0 Å². The number of fused-ring (bicyclic) bond motifs is 1. The summed E-state index contributed by atoms with van der Waals surface area (Å²) >= 11 is 4.39. The zero-order valence-electron chi connectivity index (χ0n) is 15.0. The highest BCUT2D eigenvalue weighted by Crippen LogP contribution is 2.40. The topological polar surface area (TPSA) is 96.7 Å². The normalized spacial score (nSPS) is 22.3. The van der Waals surface area contributed by atoms with Crippen LogP contribution in [0.15, 0.2) is 20.5 Å². The standard InChI is InChI=1S/C17H19N5O2S3/c1-8-9(2)26-16-13(8)14(24)18-11(19-16)6-25-7-12(23)20-17-22-21-15(27-17)10-4-3-5-10/h10,13H,3-7H2,1-2H3,(H,20,22,23). The lowest BCUT2D eigenvalue weighted by Crippen LogP contribution is -2.26. The molecular weight excluding hydrogens is 402 g/mol. The van der Waals surface area contributed by atoms with E-state index in [1.54, 1.807) is 11.8 Å². The molecule has 0 aromatic carbocycles. The van der Waals surface area contributed by atoms with Crippen molar-refractivity contribution >= 4 is 62.7 Å². The Morgan fingerprint density at radius 2 is 2.07 bits per heavy atom. The van der Waals surface area contributed by atoms with Crippen LogP contribution in [0.5, 0.6) is 0 Å². The Labute approximate surface area is 169 Å². The largest absolute Gasteiger partial charge is 0.300 e. The maximum absolute atomic E-state index is 12.2. The van der Waals surface area contributed by atoms with Gasteiger partial charge in [-0.25, -0.2) is 4.99 Å². The Balaban J connectivity index is 1.26. The molecule has 27 heavy (non-hydrogen) atoms. The first-order valence-electron chi connectivity index (χ1n) is 8.77. The maximum Gasteiger partial charge on any atom is 0.261 e. The summed E-state index contributed by atoms with van der Waals surface area (Å²) in [6.45, 7) is 3.95. The number of anilines is 1. The maximum atomic E-state index is 12.2. The minimum Gasteiger partial charge on any atom is -0.300 e. The molecule has 1 fully saturated rings. The molecule has 142 valence electrons. The molecule has 4 rings (SSSR count). The van der Waals surface area contributed by atoms with E-state index >= 15 is 0 Å². The third-order valence-electron chi connectivity index (χ3n) is 4.82. The zero-order chi connectivity index (χ0) is 19.0. The number of hydrogen-bond acceptors (Lipinski definition) is 8. The van der Waals surface area contributed by atoms with Gasteiger partial charge in [-0.05, 0) is 37.2 Å². The van der Waals surface area contributed by atoms with Gasteiger partial charge in [0.25, 0.3) is 5.91 Å². The molecule has 0 radical (unpaired) electrons. The number of carbonyl (C=O) groups is 2. The molecule has 0 spiro atoms. The van der Waals surface area contributed by atoms with E-state index in [0.717, 1.165) is 33.4 Å². The molecule has 0 bridgehead atoms. The quantitative estimate of drug-likeness (QED) is 0.755. The van der Waals surface area contributed by atoms with Gasteiger partial charge >= 0.3 is 0 Å². The van der Waals surface area contributed by atoms with Gasteiger partial charge in [-0.1, -0.05) is 29.5 Å². The molecule has 1 saturated carbocycles. The van der Waals surface area contributed by atoms with E-state index in [-0.39, 0.29) is 23.5 Å². The molecule has 2 aliphatic heterocycles. The van der Waals surface area contributed by atoms with Crippen LogP contribution in [0.1, 0.15) is 44.0 Å². The van der Waals surface area contributed by atoms with Crippen LogP contribution in [0.3, 0.4) is 0 Å². The van der Waals surface area contributed by atoms with Crippen LogP contribution in [0, 0.1) is 5.92 Å². The smallest absolute Gasteiger partial charge is 0.261 e. The summed E-state index contributed by atoms with van der Waals surface area (Å²) in [6, 6.07) is 0. The van der Waals surface area contributed by atoms with Gasteiger partial charge in [0.15, 0.2) is 0 Å². The summed E-state index contributed by atoms with van der Waals surface area (Å²) in [5.41, 5.74) is 1.04. The van der Waals surface area contributed by atoms with Gasteiger partial charge in [-0.2, -0.15) is 4.99 Å². The number of nitrogens with zero attached hydrogens (tertiary/aromatic N) is 4. The number of thioether (sulfide) groups is 2. The Bertz CT molecular complexity index is 885. The fraction of sp³-hybridized carbons (Fsp3) is 0.529. The van der Waals surface area contributed by atoms with Gasteiger partial charge in [-0.3, -0.25) is 14.9 Å². The van der Waals surface area contributed by atoms with Crippen molar-refractivity contribution < 1.29 is 9.59 Å². The van der Waals surface area contributed by atoms with Gasteiger partial charge in [-0.15, -0.1) is 22.0 Å². The third-order valence-corrected chi connectivity index (χ3v) is 7.92. The molecule has 1 aromatic rings. The van der Waals surface area contributed by atoms with Crippen LogP contribution in [-0.4, -0.2) is 44.4 Å². The summed E-state index contributed by atoms with van der Waals surface area (Å²) < 4.78 is 0. The van der Waals surface area contributed by atoms with E-state index in [4.69, 9.17) is 0 Å². The fourth-order valence-corrected chi connectivity index (χ4v) is 5.71. The van der Waals surface area contributed by atoms with Crippen LogP contribution in [0.25, 0.3) is 0 Å².